The third-order valence-electron chi connectivity index (χ3n) is 5.07. The number of hydrogen-bond donors (Lipinski definition) is 0. The molecular weight excluding hydrogens is 380 g/mol. The summed E-state index contributed by atoms with van der Waals surface area (Å²) >= 11 is 7.91. The fourth-order valence-electron chi connectivity index (χ4n) is 3.60. The molecule has 0 aliphatic carbocycles. The second-order valence-electron chi connectivity index (χ2n) is 6.90. The largest absolute Gasteiger partial charge is 0.338 e. The van der Waals surface area contributed by atoms with Crippen LogP contribution in [0.15, 0.2) is 35.8 Å². The van der Waals surface area contributed by atoms with Crippen LogP contribution in [0.3, 0.4) is 0 Å². The van der Waals surface area contributed by atoms with E-state index in [1.807, 2.05) is 59.3 Å². The number of piperidine rings is 1. The zero-order chi connectivity index (χ0) is 19.0. The van der Waals surface area contributed by atoms with Crippen LogP contribution in [0.5, 0.6) is 0 Å². The Morgan fingerprint density at radius 3 is 2.67 bits per heavy atom. The number of likely N-dealkylation sites (tertiary alicyclic amines) is 1. The molecule has 1 aliphatic heterocycles. The van der Waals surface area contributed by atoms with E-state index in [2.05, 4.69) is 10.1 Å². The smallest absolute Gasteiger partial charge is 0.253 e. The molecule has 3 heterocycles. The minimum Gasteiger partial charge on any atom is -0.338 e. The predicted molar refractivity (Wildman–Crippen MR) is 108 cm³/mol. The van der Waals surface area contributed by atoms with Crippen molar-refractivity contribution < 1.29 is 4.79 Å². The number of benzene rings is 1. The molecule has 0 radical (unpaired) electrons. The van der Waals surface area contributed by atoms with Crippen molar-refractivity contribution in [1.82, 2.24) is 19.7 Å². The molecule has 1 fully saturated rings. The van der Waals surface area contributed by atoms with Crippen molar-refractivity contribution in [3.05, 3.63) is 62.8 Å². The summed E-state index contributed by atoms with van der Waals surface area (Å²) in [7, 11) is 0. The van der Waals surface area contributed by atoms with E-state index in [-0.39, 0.29) is 5.91 Å². The molecule has 0 spiro atoms. The summed E-state index contributed by atoms with van der Waals surface area (Å²) in [6.07, 6.45) is 3.94. The van der Waals surface area contributed by atoms with Gasteiger partial charge in [0.2, 0.25) is 0 Å². The normalized spacial score (nSPS) is 17.3. The van der Waals surface area contributed by atoms with Crippen LogP contribution in [-0.4, -0.2) is 38.7 Å². The number of rotatable bonds is 3. The van der Waals surface area contributed by atoms with Gasteiger partial charge in [0.15, 0.2) is 0 Å². The van der Waals surface area contributed by atoms with E-state index in [1.165, 1.54) is 0 Å². The molecule has 2 aromatic heterocycles. The number of thiazole rings is 1. The van der Waals surface area contributed by atoms with E-state index in [9.17, 15) is 4.79 Å². The van der Waals surface area contributed by atoms with E-state index < -0.39 is 0 Å². The first-order chi connectivity index (χ1) is 13.0. The molecule has 1 atom stereocenters. The summed E-state index contributed by atoms with van der Waals surface area (Å²) in [5.41, 5.74) is 3.30. The van der Waals surface area contributed by atoms with Crippen LogP contribution in [0, 0.1) is 13.8 Å². The van der Waals surface area contributed by atoms with Crippen molar-refractivity contribution in [2.24, 2.45) is 0 Å². The molecule has 140 valence electrons. The monoisotopic (exact) mass is 400 g/mol. The molecule has 3 aromatic rings. The quantitative estimate of drug-likeness (QED) is 0.644. The highest BCUT2D eigenvalue weighted by Crippen LogP contribution is 2.29. The molecule has 4 rings (SSSR count). The van der Waals surface area contributed by atoms with Gasteiger partial charge in [0.1, 0.15) is 0 Å². The molecule has 1 aromatic carbocycles. The molecule has 0 N–H and O–H groups in total. The molecule has 1 aliphatic rings. The van der Waals surface area contributed by atoms with Crippen LogP contribution in [0.25, 0.3) is 5.69 Å². The SMILES string of the molecule is Cc1nn(-c2ccc(C(=O)N3CCCC(c4nccs4)C3)cc2)c(C)c1Cl. The minimum atomic E-state index is 0.0780. The maximum Gasteiger partial charge on any atom is 0.253 e. The van der Waals surface area contributed by atoms with E-state index in [4.69, 9.17) is 11.6 Å². The number of carbonyl (C=O) groups excluding carboxylic acids is 1. The molecule has 1 saturated heterocycles. The van der Waals surface area contributed by atoms with E-state index in [0.29, 0.717) is 16.5 Å². The molecule has 0 saturated carbocycles. The van der Waals surface area contributed by atoms with Gasteiger partial charge in [-0.3, -0.25) is 4.79 Å². The Morgan fingerprint density at radius 1 is 1.26 bits per heavy atom. The number of nitrogens with zero attached hydrogens (tertiary/aromatic N) is 4. The predicted octanol–water partition coefficient (Wildman–Crippen LogP) is 4.62. The lowest BCUT2D eigenvalue weighted by Gasteiger charge is -2.32. The first-order valence-electron chi connectivity index (χ1n) is 9.05. The van der Waals surface area contributed by atoms with Gasteiger partial charge in [-0.1, -0.05) is 11.6 Å². The van der Waals surface area contributed by atoms with Crippen LogP contribution in [0.4, 0.5) is 0 Å². The lowest BCUT2D eigenvalue weighted by Crippen LogP contribution is -2.39. The average molecular weight is 401 g/mol. The first-order valence-corrected chi connectivity index (χ1v) is 10.3. The molecule has 0 bridgehead atoms. The van der Waals surface area contributed by atoms with Gasteiger partial charge in [0.05, 0.1) is 27.1 Å². The van der Waals surface area contributed by atoms with Gasteiger partial charge in [0, 0.05) is 36.1 Å². The fraction of sp³-hybridized carbons (Fsp3) is 0.350. The zero-order valence-corrected chi connectivity index (χ0v) is 16.9. The molecule has 1 amide bonds. The zero-order valence-electron chi connectivity index (χ0n) is 15.4. The Labute approximate surface area is 167 Å². The van der Waals surface area contributed by atoms with Crippen molar-refractivity contribution >= 4 is 28.8 Å². The fourth-order valence-corrected chi connectivity index (χ4v) is 4.49. The third-order valence-corrected chi connectivity index (χ3v) is 6.56. The van der Waals surface area contributed by atoms with E-state index in [1.54, 1.807) is 11.3 Å². The second kappa shape index (κ2) is 7.44. The lowest BCUT2D eigenvalue weighted by molar-refractivity contribution is 0.0707. The standard InChI is InChI=1S/C20H21ClN4OS/c1-13-18(21)14(2)25(23-13)17-7-5-15(6-8-17)20(26)24-10-3-4-16(12-24)19-22-9-11-27-19/h5-9,11,16H,3-4,10,12H2,1-2H3. The Kier molecular flexibility index (Phi) is 5.02. The van der Waals surface area contributed by atoms with Gasteiger partial charge in [-0.05, 0) is 51.0 Å². The van der Waals surface area contributed by atoms with Gasteiger partial charge in [-0.25, -0.2) is 9.67 Å². The number of hydrogen-bond acceptors (Lipinski definition) is 4. The molecular formula is C20H21ClN4OS. The van der Waals surface area contributed by atoms with Crippen molar-refractivity contribution in [3.63, 3.8) is 0 Å². The first kappa shape index (κ1) is 18.2. The Morgan fingerprint density at radius 2 is 2.04 bits per heavy atom. The van der Waals surface area contributed by atoms with Crippen LogP contribution in [0.2, 0.25) is 5.02 Å². The van der Waals surface area contributed by atoms with Gasteiger partial charge >= 0.3 is 0 Å². The highest BCUT2D eigenvalue weighted by atomic mass is 35.5. The van der Waals surface area contributed by atoms with Crippen LogP contribution in [0.1, 0.15) is 45.5 Å². The second-order valence-corrected chi connectivity index (χ2v) is 8.21. The summed E-state index contributed by atoms with van der Waals surface area (Å²) < 4.78 is 1.81. The summed E-state index contributed by atoms with van der Waals surface area (Å²) in [4.78, 5) is 19.3. The Balaban J connectivity index is 1.51. The topological polar surface area (TPSA) is 51.0 Å². The van der Waals surface area contributed by atoms with Crippen LogP contribution in [-0.2, 0) is 0 Å². The molecule has 5 nitrogen and oxygen atoms in total. The van der Waals surface area contributed by atoms with Crippen molar-refractivity contribution in [3.8, 4) is 5.69 Å². The number of aromatic nitrogens is 3. The van der Waals surface area contributed by atoms with Crippen molar-refractivity contribution in [2.45, 2.75) is 32.6 Å². The van der Waals surface area contributed by atoms with Gasteiger partial charge < -0.3 is 4.90 Å². The minimum absolute atomic E-state index is 0.0780. The summed E-state index contributed by atoms with van der Waals surface area (Å²) in [6, 6.07) is 7.58. The maximum absolute atomic E-state index is 13.0. The molecule has 1 unspecified atom stereocenters. The maximum atomic E-state index is 13.0. The molecule has 7 heteroatoms. The Bertz CT molecular complexity index is 949. The van der Waals surface area contributed by atoms with Crippen LogP contribution < -0.4 is 0 Å². The summed E-state index contributed by atoms with van der Waals surface area (Å²) in [6.45, 7) is 5.36. The Hall–Kier alpha value is -2.18. The highest BCUT2D eigenvalue weighted by Gasteiger charge is 2.26. The van der Waals surface area contributed by atoms with Crippen molar-refractivity contribution in [1.29, 1.82) is 0 Å². The summed E-state index contributed by atoms with van der Waals surface area (Å²) in [5.74, 6) is 0.424. The van der Waals surface area contributed by atoms with Gasteiger partial charge in [-0.15, -0.1) is 11.3 Å². The van der Waals surface area contributed by atoms with E-state index >= 15 is 0 Å². The number of aryl methyl sites for hydroxylation is 1. The third kappa shape index (κ3) is 3.51. The lowest BCUT2D eigenvalue weighted by atomic mass is 9.98. The average Bonchev–Trinajstić information content (AvgIpc) is 3.33. The van der Waals surface area contributed by atoms with Gasteiger partial charge in [0.25, 0.3) is 5.91 Å². The van der Waals surface area contributed by atoms with E-state index in [0.717, 1.165) is 48.0 Å². The number of amides is 1. The highest BCUT2D eigenvalue weighted by molar-refractivity contribution is 7.09. The van der Waals surface area contributed by atoms with Crippen molar-refractivity contribution in [2.75, 3.05) is 13.1 Å². The van der Waals surface area contributed by atoms with Gasteiger partial charge in [-0.2, -0.15) is 5.10 Å². The summed E-state index contributed by atoms with van der Waals surface area (Å²) in [5, 5.41) is 8.27. The molecule has 27 heavy (non-hydrogen) atoms. The number of carbonyl (C=O) groups is 1. The number of halogens is 1. The van der Waals surface area contributed by atoms with Crippen LogP contribution >= 0.6 is 22.9 Å².